The van der Waals surface area contributed by atoms with Gasteiger partial charge in [0, 0.05) is 16.5 Å². The number of sulfone groups is 1. The number of hydrogen-bond acceptors (Lipinski definition) is 7. The Labute approximate surface area is 197 Å². The second-order valence-electron chi connectivity index (χ2n) is 8.56. The highest BCUT2D eigenvalue weighted by Gasteiger charge is 2.29. The first-order chi connectivity index (χ1) is 15.6. The van der Waals surface area contributed by atoms with Gasteiger partial charge in [-0.3, -0.25) is 14.5 Å². The molecule has 0 bridgehead atoms. The van der Waals surface area contributed by atoms with Gasteiger partial charge in [-0.2, -0.15) is 0 Å². The molecule has 10 heteroatoms. The normalized spacial score (nSPS) is 17.6. The van der Waals surface area contributed by atoms with E-state index in [1.807, 2.05) is 49.9 Å². The number of nitrogens with zero attached hydrogens (tertiary/aromatic N) is 2. The minimum absolute atomic E-state index is 0.00253. The summed E-state index contributed by atoms with van der Waals surface area (Å²) < 4.78 is 23.2. The number of thiophene rings is 1. The highest BCUT2D eigenvalue weighted by Crippen LogP contribution is 2.35. The number of aromatic amines is 1. The van der Waals surface area contributed by atoms with E-state index in [2.05, 4.69) is 15.3 Å². The van der Waals surface area contributed by atoms with Crippen LogP contribution in [0.3, 0.4) is 0 Å². The molecule has 1 saturated heterocycles. The lowest BCUT2D eigenvalue weighted by atomic mass is 10.0. The van der Waals surface area contributed by atoms with E-state index in [9.17, 15) is 18.0 Å². The first-order valence-electron chi connectivity index (χ1n) is 11.0. The first-order valence-corrected chi connectivity index (χ1v) is 13.6. The SMILES string of the molecule is CCN(CC(=O)NC1CCS(=O)(=O)C1)Cc1nc2sc(C)c(-c3ccc(C)cc3)c2c(=O)[nH]1. The van der Waals surface area contributed by atoms with Crippen molar-refractivity contribution >= 4 is 37.3 Å². The van der Waals surface area contributed by atoms with Crippen LogP contribution in [0.25, 0.3) is 21.3 Å². The molecule has 1 atom stereocenters. The summed E-state index contributed by atoms with van der Waals surface area (Å²) in [5.74, 6) is 0.390. The fourth-order valence-electron chi connectivity index (χ4n) is 4.18. The van der Waals surface area contributed by atoms with Gasteiger partial charge in [0.15, 0.2) is 9.84 Å². The van der Waals surface area contributed by atoms with E-state index in [0.717, 1.165) is 21.6 Å². The third kappa shape index (κ3) is 5.34. The van der Waals surface area contributed by atoms with Gasteiger partial charge >= 0.3 is 0 Å². The van der Waals surface area contributed by atoms with Crippen LogP contribution in [0.5, 0.6) is 0 Å². The highest BCUT2D eigenvalue weighted by atomic mass is 32.2. The summed E-state index contributed by atoms with van der Waals surface area (Å²) >= 11 is 1.49. The minimum Gasteiger partial charge on any atom is -0.351 e. The molecule has 33 heavy (non-hydrogen) atoms. The Hall–Kier alpha value is -2.56. The summed E-state index contributed by atoms with van der Waals surface area (Å²) in [4.78, 5) is 36.6. The van der Waals surface area contributed by atoms with Gasteiger partial charge in [0.05, 0.1) is 30.0 Å². The number of amides is 1. The fraction of sp³-hybridized carbons (Fsp3) is 0.435. The number of fused-ring (bicyclic) bond motifs is 1. The predicted octanol–water partition coefficient (Wildman–Crippen LogP) is 2.39. The van der Waals surface area contributed by atoms with Gasteiger partial charge in [-0.25, -0.2) is 13.4 Å². The summed E-state index contributed by atoms with van der Waals surface area (Å²) in [7, 11) is -3.05. The van der Waals surface area contributed by atoms with E-state index >= 15 is 0 Å². The van der Waals surface area contributed by atoms with Gasteiger partial charge in [0.2, 0.25) is 5.91 Å². The van der Waals surface area contributed by atoms with Crippen molar-refractivity contribution in [1.82, 2.24) is 20.2 Å². The van der Waals surface area contributed by atoms with Crippen LogP contribution in [-0.4, -0.2) is 59.8 Å². The molecule has 1 amide bonds. The molecule has 176 valence electrons. The maximum atomic E-state index is 13.0. The van der Waals surface area contributed by atoms with E-state index in [0.29, 0.717) is 35.6 Å². The third-order valence-corrected chi connectivity index (χ3v) is 8.68. The lowest BCUT2D eigenvalue weighted by Gasteiger charge is -2.20. The molecular weight excluding hydrogens is 460 g/mol. The van der Waals surface area contributed by atoms with Crippen LogP contribution in [0.2, 0.25) is 0 Å². The van der Waals surface area contributed by atoms with E-state index < -0.39 is 9.84 Å². The van der Waals surface area contributed by atoms with Crippen molar-refractivity contribution in [3.05, 3.63) is 50.9 Å². The Kier molecular flexibility index (Phi) is 6.69. The minimum atomic E-state index is -3.05. The Morgan fingerprint density at radius 3 is 2.64 bits per heavy atom. The Morgan fingerprint density at radius 2 is 2.00 bits per heavy atom. The highest BCUT2D eigenvalue weighted by molar-refractivity contribution is 7.91. The zero-order valence-corrected chi connectivity index (χ0v) is 20.6. The predicted molar refractivity (Wildman–Crippen MR) is 131 cm³/mol. The number of hydrogen-bond donors (Lipinski definition) is 2. The van der Waals surface area contributed by atoms with Crippen LogP contribution in [0.15, 0.2) is 29.1 Å². The van der Waals surface area contributed by atoms with Crippen molar-refractivity contribution in [2.45, 2.75) is 39.8 Å². The van der Waals surface area contributed by atoms with Crippen molar-refractivity contribution < 1.29 is 13.2 Å². The molecular formula is C23H28N4O4S2. The Morgan fingerprint density at radius 1 is 1.27 bits per heavy atom. The average Bonchev–Trinajstić information content (AvgIpc) is 3.26. The van der Waals surface area contributed by atoms with Crippen molar-refractivity contribution in [2.24, 2.45) is 0 Å². The number of benzene rings is 1. The van der Waals surface area contributed by atoms with Gasteiger partial charge in [0.25, 0.3) is 5.56 Å². The molecule has 1 unspecified atom stereocenters. The maximum Gasteiger partial charge on any atom is 0.260 e. The number of rotatable bonds is 7. The molecule has 1 fully saturated rings. The Bertz CT molecular complexity index is 1340. The van der Waals surface area contributed by atoms with E-state index in [-0.39, 0.29) is 35.6 Å². The topological polar surface area (TPSA) is 112 Å². The van der Waals surface area contributed by atoms with Crippen molar-refractivity contribution in [3.8, 4) is 11.1 Å². The van der Waals surface area contributed by atoms with Crippen LogP contribution in [0, 0.1) is 13.8 Å². The van der Waals surface area contributed by atoms with Crippen molar-refractivity contribution in [1.29, 1.82) is 0 Å². The van der Waals surface area contributed by atoms with Gasteiger partial charge in [-0.1, -0.05) is 36.8 Å². The number of H-pyrrole nitrogens is 1. The molecule has 0 saturated carbocycles. The lowest BCUT2D eigenvalue weighted by Crippen LogP contribution is -2.42. The van der Waals surface area contributed by atoms with Crippen LogP contribution >= 0.6 is 11.3 Å². The summed E-state index contributed by atoms with van der Waals surface area (Å²) in [5.41, 5.74) is 2.87. The van der Waals surface area contributed by atoms with Gasteiger partial charge in [-0.15, -0.1) is 11.3 Å². The number of aryl methyl sites for hydroxylation is 2. The quantitative estimate of drug-likeness (QED) is 0.528. The molecule has 1 aliphatic rings. The fourth-order valence-corrected chi connectivity index (χ4v) is 6.92. The second kappa shape index (κ2) is 9.36. The van der Waals surface area contributed by atoms with E-state index in [4.69, 9.17) is 0 Å². The van der Waals surface area contributed by atoms with E-state index in [1.165, 1.54) is 11.3 Å². The number of aromatic nitrogens is 2. The summed E-state index contributed by atoms with van der Waals surface area (Å²) in [6.45, 7) is 6.94. The standard InChI is InChI=1S/C23H28N4O4S2/c1-4-27(12-19(28)24-17-9-10-33(30,31)13-17)11-18-25-22(29)21-20(15(3)32-23(21)26-18)16-7-5-14(2)6-8-16/h5-8,17H,4,9-13H2,1-3H3,(H,24,28)(H,25,26,29). The van der Waals surface area contributed by atoms with Crippen LogP contribution in [-0.2, 0) is 21.2 Å². The second-order valence-corrected chi connectivity index (χ2v) is 12.0. The molecule has 0 spiro atoms. The molecule has 0 aliphatic carbocycles. The number of carbonyl (C=O) groups excluding carboxylic acids is 1. The summed E-state index contributed by atoms with van der Waals surface area (Å²) in [6, 6.07) is 7.76. The molecule has 1 aliphatic heterocycles. The van der Waals surface area contributed by atoms with Gasteiger partial charge in [-0.05, 0) is 32.4 Å². The van der Waals surface area contributed by atoms with Crippen molar-refractivity contribution in [2.75, 3.05) is 24.6 Å². The molecule has 3 aromatic rings. The zero-order chi connectivity index (χ0) is 23.8. The smallest absolute Gasteiger partial charge is 0.260 e. The van der Waals surface area contributed by atoms with Crippen LogP contribution in [0.4, 0.5) is 0 Å². The maximum absolute atomic E-state index is 13.0. The molecule has 0 radical (unpaired) electrons. The zero-order valence-electron chi connectivity index (χ0n) is 19.0. The molecule has 2 N–H and O–H groups in total. The van der Waals surface area contributed by atoms with Gasteiger partial charge < -0.3 is 10.3 Å². The number of likely N-dealkylation sites (N-methyl/N-ethyl adjacent to an activating group) is 1. The third-order valence-electron chi connectivity index (χ3n) is 5.91. The van der Waals surface area contributed by atoms with Crippen molar-refractivity contribution in [3.63, 3.8) is 0 Å². The summed E-state index contributed by atoms with van der Waals surface area (Å²) in [6.07, 6.45) is 0.451. The first kappa shape index (κ1) is 23.6. The summed E-state index contributed by atoms with van der Waals surface area (Å²) in [5, 5.41) is 3.40. The molecule has 2 aromatic heterocycles. The molecule has 1 aromatic carbocycles. The largest absolute Gasteiger partial charge is 0.351 e. The number of carbonyl (C=O) groups is 1. The van der Waals surface area contributed by atoms with Crippen LogP contribution in [0.1, 0.15) is 29.6 Å². The molecule has 8 nitrogen and oxygen atoms in total. The lowest BCUT2D eigenvalue weighted by molar-refractivity contribution is -0.122. The van der Waals surface area contributed by atoms with Gasteiger partial charge in [0.1, 0.15) is 10.7 Å². The Balaban J connectivity index is 1.51. The number of nitrogens with one attached hydrogen (secondary N) is 2. The molecule has 3 heterocycles. The monoisotopic (exact) mass is 488 g/mol. The van der Waals surface area contributed by atoms with Crippen LogP contribution < -0.4 is 10.9 Å². The average molecular weight is 489 g/mol. The van der Waals surface area contributed by atoms with E-state index in [1.54, 1.807) is 0 Å². The molecule has 4 rings (SSSR count).